The molecule has 51 heavy (non-hydrogen) atoms. The van der Waals surface area contributed by atoms with Gasteiger partial charge in [-0.05, 0) is 52.3 Å². The summed E-state index contributed by atoms with van der Waals surface area (Å²) in [7, 11) is 0. The number of hydrogen-bond donors (Lipinski definition) is 0. The van der Waals surface area contributed by atoms with Crippen LogP contribution in [0.25, 0.3) is 61.2 Å². The smallest absolute Gasteiger partial charge is 0.160 e. The van der Waals surface area contributed by atoms with E-state index in [1.807, 2.05) is 24.3 Å². The Morgan fingerprint density at radius 1 is 0.569 bits per heavy atom. The Hall–Kier alpha value is -6.76. The van der Waals surface area contributed by atoms with Crippen molar-refractivity contribution in [3.63, 3.8) is 0 Å². The van der Waals surface area contributed by atoms with Crippen LogP contribution in [0.5, 0.6) is 5.75 Å². The molecule has 0 bridgehead atoms. The molecule has 1 spiro atoms. The van der Waals surface area contributed by atoms with Gasteiger partial charge in [-0.3, -0.25) is 0 Å². The van der Waals surface area contributed by atoms with Crippen LogP contribution < -0.4 is 4.74 Å². The molecule has 238 valence electrons. The summed E-state index contributed by atoms with van der Waals surface area (Å²) in [6, 6.07) is 55.0. The summed E-state index contributed by atoms with van der Waals surface area (Å²) in [6.07, 6.45) is 6.72. The van der Waals surface area contributed by atoms with Crippen molar-refractivity contribution in [1.29, 1.82) is 0 Å². The van der Waals surface area contributed by atoms with Crippen LogP contribution >= 0.6 is 0 Å². The van der Waals surface area contributed by atoms with E-state index in [2.05, 4.69) is 146 Å². The molecule has 2 aliphatic rings. The highest BCUT2D eigenvalue weighted by Crippen LogP contribution is 2.62. The van der Waals surface area contributed by atoms with Gasteiger partial charge in [-0.2, -0.15) is 0 Å². The van der Waals surface area contributed by atoms with Gasteiger partial charge in [-0.15, -0.1) is 6.42 Å². The Morgan fingerprint density at radius 2 is 1.27 bits per heavy atom. The van der Waals surface area contributed by atoms with Crippen LogP contribution in [-0.2, 0) is 5.41 Å². The normalized spacial score (nSPS) is 15.7. The third kappa shape index (κ3) is 4.14. The second-order valence-corrected chi connectivity index (χ2v) is 13.3. The number of nitrogens with zero attached hydrogens (tertiary/aromatic N) is 2. The Kier molecular flexibility index (Phi) is 6.37. The van der Waals surface area contributed by atoms with Crippen molar-refractivity contribution in [1.82, 2.24) is 9.97 Å². The molecule has 1 aliphatic carbocycles. The van der Waals surface area contributed by atoms with Gasteiger partial charge in [-0.25, -0.2) is 9.97 Å². The largest absolute Gasteiger partial charge is 0.455 e. The van der Waals surface area contributed by atoms with Gasteiger partial charge >= 0.3 is 0 Å². The summed E-state index contributed by atoms with van der Waals surface area (Å²) in [4.78, 5) is 10.3. The first-order valence-corrected chi connectivity index (χ1v) is 17.2. The van der Waals surface area contributed by atoms with Crippen molar-refractivity contribution in [2.45, 2.75) is 12.3 Å². The van der Waals surface area contributed by atoms with E-state index in [-0.39, 0.29) is 0 Å². The van der Waals surface area contributed by atoms with E-state index >= 15 is 0 Å². The predicted octanol–water partition coefficient (Wildman–Crippen LogP) is 11.2. The summed E-state index contributed by atoms with van der Waals surface area (Å²) < 4.78 is 7.09. The summed E-state index contributed by atoms with van der Waals surface area (Å²) in [6.45, 7) is 2.12. The number of terminal acetylenes is 1. The standard InChI is InChI=1S/C48H30N2O/c1-3-39-45(34-19-9-7-15-30(34)2)51-46-35-20-10-8-16-31(35)26-28-41(46)48(39)40-23-13-11-21-36(40)37-27-25-33(29-42(37)48)44-38-22-12-14-24-43(38)49-47(50-44)32-17-5-4-6-18-32/h1,4-29H,2H3. The first-order chi connectivity index (χ1) is 25.2. The number of hydrogen-bond acceptors (Lipinski definition) is 3. The van der Waals surface area contributed by atoms with E-state index < -0.39 is 5.41 Å². The Morgan fingerprint density at radius 3 is 2.12 bits per heavy atom. The molecular formula is C48H30N2O. The van der Waals surface area contributed by atoms with Crippen LogP contribution in [0.1, 0.15) is 27.8 Å². The predicted molar refractivity (Wildman–Crippen MR) is 207 cm³/mol. The van der Waals surface area contributed by atoms with E-state index in [0.717, 1.165) is 88.8 Å². The number of para-hydroxylation sites is 1. The quantitative estimate of drug-likeness (QED) is 0.179. The summed E-state index contributed by atoms with van der Waals surface area (Å²) in [5.41, 5.74) is 11.4. The fourth-order valence-electron chi connectivity index (χ4n) is 8.30. The summed E-state index contributed by atoms with van der Waals surface area (Å²) in [5.74, 6) is 5.47. The molecule has 8 aromatic rings. The molecule has 0 radical (unpaired) electrons. The zero-order valence-corrected chi connectivity index (χ0v) is 27.9. The van der Waals surface area contributed by atoms with Crippen LogP contribution in [0.3, 0.4) is 0 Å². The van der Waals surface area contributed by atoms with E-state index in [0.29, 0.717) is 11.6 Å². The zero-order valence-electron chi connectivity index (χ0n) is 27.9. The van der Waals surface area contributed by atoms with E-state index in [4.69, 9.17) is 21.1 Å². The topological polar surface area (TPSA) is 35.0 Å². The Labute approximate surface area is 296 Å². The van der Waals surface area contributed by atoms with Gasteiger partial charge in [-0.1, -0.05) is 152 Å². The number of rotatable bonds is 3. The molecule has 0 fully saturated rings. The molecule has 0 saturated heterocycles. The lowest BCUT2D eigenvalue weighted by Crippen LogP contribution is -2.34. The van der Waals surface area contributed by atoms with Gasteiger partial charge in [0.2, 0.25) is 0 Å². The van der Waals surface area contributed by atoms with Crippen LogP contribution in [0.4, 0.5) is 0 Å². The molecule has 1 aromatic heterocycles. The number of aryl methyl sites for hydroxylation is 1. The van der Waals surface area contributed by atoms with Crippen molar-refractivity contribution < 1.29 is 4.74 Å². The second-order valence-electron chi connectivity index (χ2n) is 13.3. The Bertz CT molecular complexity index is 2810. The average molecular weight is 651 g/mol. The first-order valence-electron chi connectivity index (χ1n) is 17.2. The first kappa shape index (κ1) is 29.2. The van der Waals surface area contributed by atoms with Gasteiger partial charge < -0.3 is 4.74 Å². The molecule has 0 N–H and O–H groups in total. The third-order valence-electron chi connectivity index (χ3n) is 10.6. The third-order valence-corrected chi connectivity index (χ3v) is 10.6. The SMILES string of the molecule is C#CC1=C(c2ccccc2C)Oc2c(ccc3ccccc23)C12c1ccccc1-c1ccc(-c3nc(-c4ccccc4)nc4ccccc34)cc12. The minimum Gasteiger partial charge on any atom is -0.455 e. The number of fused-ring (bicyclic) bond motifs is 10. The van der Waals surface area contributed by atoms with Gasteiger partial charge in [0.15, 0.2) is 5.82 Å². The van der Waals surface area contributed by atoms with Crippen LogP contribution in [0.15, 0.2) is 163 Å². The second kappa shape index (κ2) is 11.1. The molecule has 7 aromatic carbocycles. The molecule has 2 heterocycles. The highest BCUT2D eigenvalue weighted by atomic mass is 16.5. The monoisotopic (exact) mass is 650 g/mol. The minimum absolute atomic E-state index is 0.691. The van der Waals surface area contributed by atoms with Gasteiger partial charge in [0.25, 0.3) is 0 Å². The Balaban J connectivity index is 1.34. The van der Waals surface area contributed by atoms with Crippen molar-refractivity contribution in [3.8, 4) is 51.9 Å². The van der Waals surface area contributed by atoms with Crippen LogP contribution in [0.2, 0.25) is 0 Å². The molecule has 1 aliphatic heterocycles. The molecule has 3 heteroatoms. The average Bonchev–Trinajstić information content (AvgIpc) is 3.47. The highest BCUT2D eigenvalue weighted by molar-refractivity contribution is 6.00. The fraction of sp³-hybridized carbons (Fsp3) is 0.0417. The van der Waals surface area contributed by atoms with E-state index in [1.165, 1.54) is 0 Å². The fourth-order valence-corrected chi connectivity index (χ4v) is 8.30. The maximum atomic E-state index is 7.09. The molecule has 10 rings (SSSR count). The van der Waals surface area contributed by atoms with Gasteiger partial charge in [0.05, 0.1) is 22.2 Å². The highest BCUT2D eigenvalue weighted by Gasteiger charge is 2.53. The molecule has 1 atom stereocenters. The number of allylic oxidation sites excluding steroid dienone is 1. The van der Waals surface area contributed by atoms with E-state index in [9.17, 15) is 0 Å². The zero-order chi connectivity index (χ0) is 34.1. The lowest BCUT2D eigenvalue weighted by atomic mass is 9.64. The molecule has 0 saturated carbocycles. The summed E-state index contributed by atoms with van der Waals surface area (Å²) >= 11 is 0. The lowest BCUT2D eigenvalue weighted by Gasteiger charge is -2.40. The molecule has 1 unspecified atom stereocenters. The lowest BCUT2D eigenvalue weighted by molar-refractivity contribution is 0.476. The minimum atomic E-state index is -0.822. The van der Waals surface area contributed by atoms with Crippen molar-refractivity contribution >= 4 is 27.4 Å². The maximum absolute atomic E-state index is 7.09. The van der Waals surface area contributed by atoms with Crippen molar-refractivity contribution in [3.05, 3.63) is 191 Å². The molecule has 3 nitrogen and oxygen atoms in total. The van der Waals surface area contributed by atoms with Crippen LogP contribution in [0, 0.1) is 19.3 Å². The summed E-state index contributed by atoms with van der Waals surface area (Å²) in [5, 5.41) is 3.15. The molecular weight excluding hydrogens is 621 g/mol. The number of benzene rings is 7. The van der Waals surface area contributed by atoms with Gasteiger partial charge in [0, 0.05) is 33.0 Å². The number of ether oxygens (including phenoxy) is 1. The molecule has 0 amide bonds. The van der Waals surface area contributed by atoms with Crippen LogP contribution in [-0.4, -0.2) is 9.97 Å². The van der Waals surface area contributed by atoms with Crippen molar-refractivity contribution in [2.24, 2.45) is 0 Å². The van der Waals surface area contributed by atoms with Gasteiger partial charge in [0.1, 0.15) is 11.5 Å². The van der Waals surface area contributed by atoms with E-state index in [1.54, 1.807) is 0 Å². The van der Waals surface area contributed by atoms with Crippen molar-refractivity contribution in [2.75, 3.05) is 0 Å². The maximum Gasteiger partial charge on any atom is 0.160 e. The number of aromatic nitrogens is 2.